The molecule has 0 amide bonds. The first kappa shape index (κ1) is 6.65. The molecule has 0 spiro atoms. The lowest BCUT2D eigenvalue weighted by molar-refractivity contribution is 0.490. The monoisotopic (exact) mass is 140 g/mol. The van der Waals surface area contributed by atoms with Gasteiger partial charge in [0, 0.05) is 11.7 Å². The summed E-state index contributed by atoms with van der Waals surface area (Å²) in [5.74, 6) is 3.57. The van der Waals surface area contributed by atoms with E-state index in [-0.39, 0.29) is 8.15 Å². The minimum Gasteiger partial charge on any atom is -0.478 e. The van der Waals surface area contributed by atoms with Crippen molar-refractivity contribution in [2.75, 3.05) is 12.8 Å². The summed E-state index contributed by atoms with van der Waals surface area (Å²) >= 11 is 0. The molecule has 1 nitrogen and oxygen atoms in total. The standard InChI is InChI=1S/C7H9OP/c1-4-7-5-9(3)8-6(7)2/h1H,5H2,2-3H3. The van der Waals surface area contributed by atoms with Crippen LogP contribution >= 0.6 is 8.15 Å². The van der Waals surface area contributed by atoms with Crippen LogP contribution in [0.5, 0.6) is 0 Å². The molecule has 48 valence electrons. The van der Waals surface area contributed by atoms with Crippen molar-refractivity contribution in [3.8, 4) is 12.3 Å². The molecule has 9 heavy (non-hydrogen) atoms. The lowest BCUT2D eigenvalue weighted by Crippen LogP contribution is -1.77. The van der Waals surface area contributed by atoms with Crippen LogP contribution in [0.15, 0.2) is 11.3 Å². The molecule has 0 saturated carbocycles. The average Bonchev–Trinajstić information content (AvgIpc) is 2.10. The average molecular weight is 140 g/mol. The fourth-order valence-corrected chi connectivity index (χ4v) is 2.20. The van der Waals surface area contributed by atoms with Gasteiger partial charge in [0.2, 0.25) is 0 Å². The fraction of sp³-hybridized carbons (Fsp3) is 0.429. The summed E-state index contributed by atoms with van der Waals surface area (Å²) in [5.41, 5.74) is 1.05. The van der Waals surface area contributed by atoms with Gasteiger partial charge in [-0.25, -0.2) is 0 Å². The summed E-state index contributed by atoms with van der Waals surface area (Å²) in [7, 11) is -0.266. The first-order valence-electron chi connectivity index (χ1n) is 2.79. The van der Waals surface area contributed by atoms with Gasteiger partial charge in [-0.3, -0.25) is 0 Å². The van der Waals surface area contributed by atoms with Gasteiger partial charge in [0.05, 0.1) is 8.15 Å². The second kappa shape index (κ2) is 2.42. The normalized spacial score (nSPS) is 25.7. The maximum atomic E-state index is 5.37. The van der Waals surface area contributed by atoms with E-state index in [2.05, 4.69) is 12.6 Å². The van der Waals surface area contributed by atoms with Gasteiger partial charge in [-0.2, -0.15) is 0 Å². The molecule has 0 aliphatic carbocycles. The van der Waals surface area contributed by atoms with Crippen LogP contribution in [-0.2, 0) is 4.52 Å². The van der Waals surface area contributed by atoms with Crippen LogP contribution in [0.4, 0.5) is 0 Å². The van der Waals surface area contributed by atoms with Crippen LogP contribution in [0.1, 0.15) is 6.92 Å². The Balaban J connectivity index is 2.73. The molecular weight excluding hydrogens is 131 g/mol. The topological polar surface area (TPSA) is 9.23 Å². The largest absolute Gasteiger partial charge is 0.478 e. The second-order valence-corrected chi connectivity index (χ2v) is 3.81. The van der Waals surface area contributed by atoms with Crippen molar-refractivity contribution in [3.63, 3.8) is 0 Å². The molecule has 0 radical (unpaired) electrons. The van der Waals surface area contributed by atoms with Gasteiger partial charge in [-0.1, -0.05) is 5.92 Å². The molecule has 0 aromatic heterocycles. The predicted octanol–water partition coefficient (Wildman–Crippen LogP) is 1.95. The number of rotatable bonds is 0. The van der Waals surface area contributed by atoms with E-state index in [1.165, 1.54) is 0 Å². The predicted molar refractivity (Wildman–Crippen MR) is 40.3 cm³/mol. The Morgan fingerprint density at radius 2 is 2.44 bits per heavy atom. The van der Waals surface area contributed by atoms with Crippen molar-refractivity contribution in [1.29, 1.82) is 0 Å². The molecule has 0 fully saturated rings. The molecule has 0 aromatic carbocycles. The van der Waals surface area contributed by atoms with E-state index in [0.29, 0.717) is 0 Å². The molecule has 0 saturated heterocycles. The van der Waals surface area contributed by atoms with Crippen LogP contribution in [0.3, 0.4) is 0 Å². The van der Waals surface area contributed by atoms with Gasteiger partial charge in [-0.15, -0.1) is 6.42 Å². The van der Waals surface area contributed by atoms with Gasteiger partial charge in [0.15, 0.2) is 0 Å². The van der Waals surface area contributed by atoms with E-state index in [1.54, 1.807) is 0 Å². The highest BCUT2D eigenvalue weighted by atomic mass is 31.1. The van der Waals surface area contributed by atoms with E-state index in [1.807, 2.05) is 6.92 Å². The fourth-order valence-electron chi connectivity index (χ4n) is 0.802. The summed E-state index contributed by atoms with van der Waals surface area (Å²) in [6, 6.07) is 0. The third-order valence-corrected chi connectivity index (χ3v) is 2.62. The van der Waals surface area contributed by atoms with Gasteiger partial charge in [-0.05, 0) is 13.6 Å². The Hall–Kier alpha value is -0.470. The zero-order valence-corrected chi connectivity index (χ0v) is 6.53. The van der Waals surface area contributed by atoms with Crippen molar-refractivity contribution < 1.29 is 4.52 Å². The summed E-state index contributed by atoms with van der Waals surface area (Å²) < 4.78 is 5.37. The highest BCUT2D eigenvalue weighted by molar-refractivity contribution is 7.52. The molecule has 1 unspecified atom stereocenters. The third kappa shape index (κ3) is 1.26. The van der Waals surface area contributed by atoms with E-state index in [9.17, 15) is 0 Å². The van der Waals surface area contributed by atoms with Crippen LogP contribution < -0.4 is 0 Å². The van der Waals surface area contributed by atoms with E-state index in [0.717, 1.165) is 17.5 Å². The van der Waals surface area contributed by atoms with Crippen molar-refractivity contribution in [3.05, 3.63) is 11.3 Å². The second-order valence-electron chi connectivity index (χ2n) is 2.06. The van der Waals surface area contributed by atoms with Gasteiger partial charge in [0.25, 0.3) is 0 Å². The molecule has 1 atom stereocenters. The molecule has 1 heterocycles. The number of hydrogen-bond acceptors (Lipinski definition) is 1. The first-order valence-corrected chi connectivity index (χ1v) is 4.68. The molecule has 1 rings (SSSR count). The van der Waals surface area contributed by atoms with E-state index in [4.69, 9.17) is 10.9 Å². The van der Waals surface area contributed by atoms with Crippen LogP contribution in [0.2, 0.25) is 0 Å². The molecule has 0 bridgehead atoms. The Bertz CT molecular complexity index is 188. The molecule has 0 aromatic rings. The van der Waals surface area contributed by atoms with E-state index >= 15 is 0 Å². The van der Waals surface area contributed by atoms with Crippen LogP contribution in [0.25, 0.3) is 0 Å². The Morgan fingerprint density at radius 3 is 2.67 bits per heavy atom. The summed E-state index contributed by atoms with van der Waals surface area (Å²) in [5, 5.41) is 0. The molecule has 0 N–H and O–H groups in total. The Kier molecular flexibility index (Phi) is 1.78. The van der Waals surface area contributed by atoms with Crippen molar-refractivity contribution in [1.82, 2.24) is 0 Å². The summed E-state index contributed by atoms with van der Waals surface area (Å²) in [6.45, 7) is 4.02. The highest BCUT2D eigenvalue weighted by Crippen LogP contribution is 2.43. The zero-order chi connectivity index (χ0) is 6.85. The molecule has 2 heteroatoms. The molecule has 1 aliphatic rings. The molecule has 1 aliphatic heterocycles. The number of hydrogen-bond donors (Lipinski definition) is 0. The lowest BCUT2D eigenvalue weighted by Gasteiger charge is -2.00. The van der Waals surface area contributed by atoms with Crippen molar-refractivity contribution in [2.24, 2.45) is 0 Å². The zero-order valence-electron chi connectivity index (χ0n) is 5.64. The van der Waals surface area contributed by atoms with Gasteiger partial charge >= 0.3 is 0 Å². The molecular formula is C7H9OP. The quantitative estimate of drug-likeness (QED) is 0.369. The lowest BCUT2D eigenvalue weighted by atomic mass is 10.3. The van der Waals surface area contributed by atoms with Crippen LogP contribution in [-0.4, -0.2) is 12.8 Å². The summed E-state index contributed by atoms with van der Waals surface area (Å²) in [6.07, 6.45) is 6.18. The number of terminal acetylenes is 1. The minimum atomic E-state index is -0.266. The highest BCUT2D eigenvalue weighted by Gasteiger charge is 2.16. The number of allylic oxidation sites excluding steroid dienone is 2. The van der Waals surface area contributed by atoms with Gasteiger partial charge in [0.1, 0.15) is 5.76 Å². The van der Waals surface area contributed by atoms with E-state index < -0.39 is 0 Å². The minimum absolute atomic E-state index is 0.266. The first-order chi connectivity index (χ1) is 4.24. The van der Waals surface area contributed by atoms with Gasteiger partial charge < -0.3 is 4.52 Å². The van der Waals surface area contributed by atoms with Crippen molar-refractivity contribution in [2.45, 2.75) is 6.92 Å². The van der Waals surface area contributed by atoms with Crippen molar-refractivity contribution >= 4 is 8.15 Å². The van der Waals surface area contributed by atoms with Crippen LogP contribution in [0, 0.1) is 12.3 Å². The maximum absolute atomic E-state index is 5.37. The SMILES string of the molecule is C#CC1=C(C)OP(C)C1. The third-order valence-electron chi connectivity index (χ3n) is 1.27. The Labute approximate surface area is 56.9 Å². The Morgan fingerprint density at radius 1 is 1.78 bits per heavy atom. The maximum Gasteiger partial charge on any atom is 0.109 e. The summed E-state index contributed by atoms with van der Waals surface area (Å²) in [4.78, 5) is 0. The smallest absolute Gasteiger partial charge is 0.109 e.